The Balaban J connectivity index is 0.00000144. The van der Waals surface area contributed by atoms with Gasteiger partial charge >= 0.3 is 0 Å². The van der Waals surface area contributed by atoms with Gasteiger partial charge in [0.05, 0.1) is 6.61 Å². The normalized spacial score (nSPS) is 20.5. The molecule has 2 rings (SSSR count). The van der Waals surface area contributed by atoms with E-state index in [0.717, 1.165) is 25.4 Å². The number of hydrogen-bond donors (Lipinski definition) is 1. The lowest BCUT2D eigenvalue weighted by Crippen LogP contribution is -2.53. The summed E-state index contributed by atoms with van der Waals surface area (Å²) >= 11 is 0. The van der Waals surface area contributed by atoms with Gasteiger partial charge in [-0.2, -0.15) is 0 Å². The van der Waals surface area contributed by atoms with E-state index in [0.29, 0.717) is 0 Å². The van der Waals surface area contributed by atoms with Crippen LogP contribution in [0, 0.1) is 0 Å². The van der Waals surface area contributed by atoms with E-state index in [-0.39, 0.29) is 24.1 Å². The van der Waals surface area contributed by atoms with Crippen molar-refractivity contribution in [1.29, 1.82) is 0 Å². The highest BCUT2D eigenvalue weighted by Gasteiger charge is 2.33. The van der Waals surface area contributed by atoms with E-state index < -0.39 is 0 Å². The highest BCUT2D eigenvalue weighted by atomic mass is 35.5. The van der Waals surface area contributed by atoms with Crippen LogP contribution in [0.1, 0.15) is 13.8 Å². The van der Waals surface area contributed by atoms with E-state index in [4.69, 9.17) is 9.47 Å². The van der Waals surface area contributed by atoms with Crippen molar-refractivity contribution in [2.45, 2.75) is 25.6 Å². The second-order valence-electron chi connectivity index (χ2n) is 4.58. The molecule has 1 N–H and O–H groups in total. The first-order valence-electron chi connectivity index (χ1n) is 5.75. The molecule has 3 nitrogen and oxygen atoms in total. The Morgan fingerprint density at radius 1 is 1.29 bits per heavy atom. The van der Waals surface area contributed by atoms with E-state index in [1.807, 2.05) is 30.3 Å². The van der Waals surface area contributed by atoms with Crippen molar-refractivity contribution in [2.75, 3.05) is 19.7 Å². The van der Waals surface area contributed by atoms with Crippen molar-refractivity contribution in [3.05, 3.63) is 30.3 Å². The lowest BCUT2D eigenvalue weighted by atomic mass is 10.0. The molecule has 1 aliphatic rings. The van der Waals surface area contributed by atoms with Crippen LogP contribution in [0.5, 0.6) is 5.75 Å². The quantitative estimate of drug-likeness (QED) is 0.901. The SMILES string of the molecule is CC(C)(Oc1ccccc1)C1CNCCO1.Cl. The molecule has 0 bridgehead atoms. The zero-order chi connectivity index (χ0) is 11.4. The Kier molecular flexibility index (Phi) is 5.25. The van der Waals surface area contributed by atoms with Gasteiger partial charge in [0.15, 0.2) is 0 Å². The first-order chi connectivity index (χ1) is 7.68. The zero-order valence-electron chi connectivity index (χ0n) is 10.3. The van der Waals surface area contributed by atoms with Gasteiger partial charge in [-0.05, 0) is 26.0 Å². The second-order valence-corrected chi connectivity index (χ2v) is 4.58. The number of rotatable bonds is 3. The summed E-state index contributed by atoms with van der Waals surface area (Å²) < 4.78 is 11.7. The van der Waals surface area contributed by atoms with Crippen LogP contribution in [-0.2, 0) is 4.74 Å². The second kappa shape index (κ2) is 6.24. The topological polar surface area (TPSA) is 30.5 Å². The van der Waals surface area contributed by atoms with Crippen molar-refractivity contribution < 1.29 is 9.47 Å². The van der Waals surface area contributed by atoms with Crippen molar-refractivity contribution in [3.8, 4) is 5.75 Å². The molecule has 4 heteroatoms. The fourth-order valence-electron chi connectivity index (χ4n) is 1.87. The van der Waals surface area contributed by atoms with Crippen molar-refractivity contribution in [3.63, 3.8) is 0 Å². The minimum Gasteiger partial charge on any atom is -0.485 e. The van der Waals surface area contributed by atoms with Gasteiger partial charge in [-0.25, -0.2) is 0 Å². The number of ether oxygens (including phenoxy) is 2. The maximum absolute atomic E-state index is 5.98. The largest absolute Gasteiger partial charge is 0.485 e. The number of hydrogen-bond acceptors (Lipinski definition) is 3. The fraction of sp³-hybridized carbons (Fsp3) is 0.538. The molecule has 1 heterocycles. The average molecular weight is 258 g/mol. The molecule has 0 aromatic heterocycles. The predicted octanol–water partition coefficient (Wildman–Crippen LogP) is 2.25. The molecule has 0 amide bonds. The third-order valence-electron chi connectivity index (χ3n) is 2.83. The van der Waals surface area contributed by atoms with Crippen molar-refractivity contribution >= 4 is 12.4 Å². The summed E-state index contributed by atoms with van der Waals surface area (Å²) in [5, 5.41) is 3.32. The Morgan fingerprint density at radius 3 is 2.59 bits per heavy atom. The summed E-state index contributed by atoms with van der Waals surface area (Å²) in [6.45, 7) is 6.67. The molecular formula is C13H20ClNO2. The van der Waals surface area contributed by atoms with Crippen LogP contribution < -0.4 is 10.1 Å². The summed E-state index contributed by atoms with van der Waals surface area (Å²) in [6.07, 6.45) is 0.0986. The van der Waals surface area contributed by atoms with E-state index in [9.17, 15) is 0 Å². The molecule has 1 aromatic rings. The average Bonchev–Trinajstić information content (AvgIpc) is 2.31. The van der Waals surface area contributed by atoms with Crippen LogP contribution in [0.25, 0.3) is 0 Å². The molecule has 1 aliphatic heterocycles. The Bertz CT molecular complexity index is 323. The summed E-state index contributed by atoms with van der Waals surface area (Å²) in [5.41, 5.74) is -0.311. The van der Waals surface area contributed by atoms with Gasteiger partial charge < -0.3 is 14.8 Å². The molecule has 0 saturated carbocycles. The third-order valence-corrected chi connectivity index (χ3v) is 2.83. The van der Waals surface area contributed by atoms with Gasteiger partial charge in [0.2, 0.25) is 0 Å². The molecule has 0 spiro atoms. The fourth-order valence-corrected chi connectivity index (χ4v) is 1.87. The van der Waals surface area contributed by atoms with Crippen LogP contribution >= 0.6 is 12.4 Å². The molecule has 1 aromatic carbocycles. The van der Waals surface area contributed by atoms with Crippen LogP contribution in [0.4, 0.5) is 0 Å². The molecule has 1 atom stereocenters. The van der Waals surface area contributed by atoms with E-state index in [1.165, 1.54) is 0 Å². The maximum atomic E-state index is 5.98. The molecule has 96 valence electrons. The van der Waals surface area contributed by atoms with Gasteiger partial charge in [-0.15, -0.1) is 12.4 Å². The van der Waals surface area contributed by atoms with Crippen LogP contribution in [-0.4, -0.2) is 31.4 Å². The Labute approximate surface area is 109 Å². The first kappa shape index (κ1) is 14.3. The van der Waals surface area contributed by atoms with Crippen LogP contribution in [0.3, 0.4) is 0 Å². The highest BCUT2D eigenvalue weighted by Crippen LogP contribution is 2.23. The highest BCUT2D eigenvalue weighted by molar-refractivity contribution is 5.85. The summed E-state index contributed by atoms with van der Waals surface area (Å²) in [7, 11) is 0. The van der Waals surface area contributed by atoms with Gasteiger partial charge in [-0.3, -0.25) is 0 Å². The first-order valence-corrected chi connectivity index (χ1v) is 5.75. The minimum absolute atomic E-state index is 0. The van der Waals surface area contributed by atoms with Gasteiger partial charge in [0.25, 0.3) is 0 Å². The number of morpholine rings is 1. The summed E-state index contributed by atoms with van der Waals surface area (Å²) in [5.74, 6) is 0.890. The maximum Gasteiger partial charge on any atom is 0.131 e. The van der Waals surface area contributed by atoms with E-state index in [2.05, 4.69) is 19.2 Å². The van der Waals surface area contributed by atoms with E-state index in [1.54, 1.807) is 0 Å². The van der Waals surface area contributed by atoms with Gasteiger partial charge in [0.1, 0.15) is 17.5 Å². The van der Waals surface area contributed by atoms with Crippen LogP contribution in [0.2, 0.25) is 0 Å². The molecule has 1 saturated heterocycles. The van der Waals surface area contributed by atoms with Crippen molar-refractivity contribution in [1.82, 2.24) is 5.32 Å². The number of halogens is 1. The third kappa shape index (κ3) is 3.87. The standard InChI is InChI=1S/C13H19NO2.ClH/c1-13(2,12-10-14-8-9-15-12)16-11-6-4-3-5-7-11;/h3-7,12,14H,8-10H2,1-2H3;1H. The molecule has 0 radical (unpaired) electrons. The summed E-state index contributed by atoms with van der Waals surface area (Å²) in [4.78, 5) is 0. The Morgan fingerprint density at radius 2 is 2.00 bits per heavy atom. The smallest absolute Gasteiger partial charge is 0.131 e. The van der Waals surface area contributed by atoms with Crippen molar-refractivity contribution in [2.24, 2.45) is 0 Å². The minimum atomic E-state index is -0.311. The van der Waals surface area contributed by atoms with Gasteiger partial charge in [-0.1, -0.05) is 18.2 Å². The number of benzene rings is 1. The number of nitrogens with one attached hydrogen (secondary N) is 1. The molecule has 17 heavy (non-hydrogen) atoms. The monoisotopic (exact) mass is 257 g/mol. The lowest BCUT2D eigenvalue weighted by Gasteiger charge is -2.37. The zero-order valence-corrected chi connectivity index (χ0v) is 11.1. The van der Waals surface area contributed by atoms with Gasteiger partial charge in [0, 0.05) is 13.1 Å². The number of para-hydroxylation sites is 1. The van der Waals surface area contributed by atoms with E-state index >= 15 is 0 Å². The molecule has 0 aliphatic carbocycles. The summed E-state index contributed by atoms with van der Waals surface area (Å²) in [6, 6.07) is 9.88. The predicted molar refractivity (Wildman–Crippen MR) is 71.0 cm³/mol. The Hall–Kier alpha value is -0.770. The molecule has 1 fully saturated rings. The lowest BCUT2D eigenvalue weighted by molar-refractivity contribution is -0.0854. The molecule has 1 unspecified atom stereocenters. The molecular weight excluding hydrogens is 238 g/mol. The van der Waals surface area contributed by atoms with Crippen LogP contribution in [0.15, 0.2) is 30.3 Å².